The van der Waals surface area contributed by atoms with Gasteiger partial charge in [-0.2, -0.15) is 0 Å². The standard InChI is InChI=1S/C18H22BrN/c1-4-10-20-18(15-6-5-7-16(19)12-15)17-9-8-13(2)11-14(17)3/h5-9,11-12,18,20H,4,10H2,1-3H3. The molecule has 0 aliphatic carbocycles. The predicted octanol–water partition coefficient (Wildman–Crippen LogP) is 5.15. The number of hydrogen-bond acceptors (Lipinski definition) is 1. The molecule has 1 atom stereocenters. The van der Waals surface area contributed by atoms with Gasteiger partial charge in [-0.1, -0.05) is 58.7 Å². The highest BCUT2D eigenvalue weighted by Crippen LogP contribution is 2.27. The van der Waals surface area contributed by atoms with Crippen molar-refractivity contribution in [2.24, 2.45) is 0 Å². The van der Waals surface area contributed by atoms with Crippen LogP contribution in [0.15, 0.2) is 46.9 Å². The van der Waals surface area contributed by atoms with E-state index in [0.717, 1.165) is 17.4 Å². The SMILES string of the molecule is CCCNC(c1cccc(Br)c1)c1ccc(C)cc1C. The topological polar surface area (TPSA) is 12.0 Å². The zero-order valence-corrected chi connectivity index (χ0v) is 14.0. The van der Waals surface area contributed by atoms with Crippen LogP contribution in [0.25, 0.3) is 0 Å². The van der Waals surface area contributed by atoms with E-state index in [-0.39, 0.29) is 6.04 Å². The van der Waals surface area contributed by atoms with Crippen molar-refractivity contribution in [3.63, 3.8) is 0 Å². The fourth-order valence-corrected chi connectivity index (χ4v) is 2.95. The molecule has 106 valence electrons. The molecule has 1 nitrogen and oxygen atoms in total. The predicted molar refractivity (Wildman–Crippen MR) is 90.2 cm³/mol. The number of hydrogen-bond donors (Lipinski definition) is 1. The van der Waals surface area contributed by atoms with E-state index in [4.69, 9.17) is 0 Å². The van der Waals surface area contributed by atoms with E-state index in [0.29, 0.717) is 0 Å². The van der Waals surface area contributed by atoms with Crippen molar-refractivity contribution in [1.82, 2.24) is 5.32 Å². The third kappa shape index (κ3) is 3.71. The molecular formula is C18H22BrN. The average molecular weight is 332 g/mol. The Kier molecular flexibility index (Phi) is 5.38. The minimum atomic E-state index is 0.257. The molecule has 2 heteroatoms. The van der Waals surface area contributed by atoms with E-state index in [1.807, 2.05) is 0 Å². The van der Waals surface area contributed by atoms with Gasteiger partial charge in [0.1, 0.15) is 0 Å². The zero-order chi connectivity index (χ0) is 14.5. The van der Waals surface area contributed by atoms with E-state index in [1.165, 1.54) is 22.3 Å². The Morgan fingerprint density at radius 2 is 1.90 bits per heavy atom. The molecule has 0 saturated heterocycles. The van der Waals surface area contributed by atoms with Crippen molar-refractivity contribution in [3.05, 3.63) is 69.2 Å². The Labute approximate surface area is 130 Å². The second-order valence-electron chi connectivity index (χ2n) is 5.30. The molecule has 0 fully saturated rings. The molecule has 0 bridgehead atoms. The second-order valence-corrected chi connectivity index (χ2v) is 6.22. The Balaban J connectivity index is 2.41. The molecule has 1 unspecified atom stereocenters. The van der Waals surface area contributed by atoms with Gasteiger partial charge in [0, 0.05) is 4.47 Å². The largest absolute Gasteiger partial charge is 0.306 e. The Morgan fingerprint density at radius 1 is 1.10 bits per heavy atom. The summed E-state index contributed by atoms with van der Waals surface area (Å²) in [6, 6.07) is 15.5. The summed E-state index contributed by atoms with van der Waals surface area (Å²) >= 11 is 3.57. The van der Waals surface area contributed by atoms with Crippen LogP contribution in [0.1, 0.15) is 41.6 Å². The fourth-order valence-electron chi connectivity index (χ4n) is 2.53. The van der Waals surface area contributed by atoms with Crippen molar-refractivity contribution in [2.75, 3.05) is 6.54 Å². The highest BCUT2D eigenvalue weighted by Gasteiger charge is 2.15. The zero-order valence-electron chi connectivity index (χ0n) is 12.4. The van der Waals surface area contributed by atoms with Gasteiger partial charge in [0.25, 0.3) is 0 Å². The Morgan fingerprint density at radius 3 is 2.55 bits per heavy atom. The molecule has 0 spiro atoms. The van der Waals surface area contributed by atoms with Crippen LogP contribution >= 0.6 is 15.9 Å². The first-order valence-electron chi connectivity index (χ1n) is 7.18. The van der Waals surface area contributed by atoms with Crippen LogP contribution in [0.5, 0.6) is 0 Å². The molecule has 1 N–H and O–H groups in total. The van der Waals surface area contributed by atoms with Crippen LogP contribution in [-0.2, 0) is 0 Å². The van der Waals surface area contributed by atoms with Crippen LogP contribution < -0.4 is 5.32 Å². The van der Waals surface area contributed by atoms with Gasteiger partial charge in [0.15, 0.2) is 0 Å². The maximum absolute atomic E-state index is 3.67. The lowest BCUT2D eigenvalue weighted by Gasteiger charge is -2.22. The van der Waals surface area contributed by atoms with Gasteiger partial charge in [-0.25, -0.2) is 0 Å². The molecule has 0 radical (unpaired) electrons. The van der Waals surface area contributed by atoms with Gasteiger partial charge in [-0.15, -0.1) is 0 Å². The quantitative estimate of drug-likeness (QED) is 0.798. The van der Waals surface area contributed by atoms with Crippen LogP contribution in [-0.4, -0.2) is 6.54 Å². The molecule has 2 aromatic carbocycles. The minimum Gasteiger partial charge on any atom is -0.306 e. The maximum atomic E-state index is 3.67. The van der Waals surface area contributed by atoms with Crippen molar-refractivity contribution < 1.29 is 0 Å². The molecule has 20 heavy (non-hydrogen) atoms. The Hall–Kier alpha value is -1.12. The van der Waals surface area contributed by atoms with Gasteiger partial charge in [0.2, 0.25) is 0 Å². The van der Waals surface area contributed by atoms with Crippen LogP contribution in [0.4, 0.5) is 0 Å². The van der Waals surface area contributed by atoms with Crippen molar-refractivity contribution in [2.45, 2.75) is 33.2 Å². The lowest BCUT2D eigenvalue weighted by atomic mass is 9.94. The van der Waals surface area contributed by atoms with Gasteiger partial charge < -0.3 is 5.32 Å². The molecule has 2 aromatic rings. The van der Waals surface area contributed by atoms with E-state index >= 15 is 0 Å². The third-order valence-corrected chi connectivity index (χ3v) is 4.01. The highest BCUT2D eigenvalue weighted by atomic mass is 79.9. The number of halogens is 1. The van der Waals surface area contributed by atoms with E-state index in [2.05, 4.69) is 84.5 Å². The summed E-state index contributed by atoms with van der Waals surface area (Å²) in [7, 11) is 0. The summed E-state index contributed by atoms with van der Waals surface area (Å²) in [5.74, 6) is 0. The van der Waals surface area contributed by atoms with Gasteiger partial charge in [-0.05, 0) is 55.6 Å². The number of rotatable bonds is 5. The normalized spacial score (nSPS) is 12.4. The second kappa shape index (κ2) is 7.05. The van der Waals surface area contributed by atoms with Gasteiger partial charge in [-0.3, -0.25) is 0 Å². The molecule has 0 saturated carbocycles. The first-order chi connectivity index (χ1) is 9.61. The van der Waals surface area contributed by atoms with Gasteiger partial charge >= 0.3 is 0 Å². The lowest BCUT2D eigenvalue weighted by Crippen LogP contribution is -2.24. The van der Waals surface area contributed by atoms with Crippen LogP contribution in [0.2, 0.25) is 0 Å². The first kappa shape index (κ1) is 15.3. The van der Waals surface area contributed by atoms with E-state index in [1.54, 1.807) is 0 Å². The molecule has 0 amide bonds. The summed E-state index contributed by atoms with van der Waals surface area (Å²) in [5.41, 5.74) is 5.33. The molecule has 0 aliphatic rings. The molecule has 0 heterocycles. The molecule has 0 aromatic heterocycles. The van der Waals surface area contributed by atoms with Crippen LogP contribution in [0.3, 0.4) is 0 Å². The van der Waals surface area contributed by atoms with Crippen molar-refractivity contribution in [3.8, 4) is 0 Å². The summed E-state index contributed by atoms with van der Waals surface area (Å²) < 4.78 is 1.13. The summed E-state index contributed by atoms with van der Waals surface area (Å²) in [6.45, 7) is 7.56. The number of nitrogens with one attached hydrogen (secondary N) is 1. The molecule has 0 aliphatic heterocycles. The maximum Gasteiger partial charge on any atom is 0.0579 e. The van der Waals surface area contributed by atoms with E-state index in [9.17, 15) is 0 Å². The molecule has 2 rings (SSSR count). The summed E-state index contributed by atoms with van der Waals surface area (Å²) in [6.07, 6.45) is 1.13. The van der Waals surface area contributed by atoms with Crippen LogP contribution in [0, 0.1) is 13.8 Å². The van der Waals surface area contributed by atoms with Crippen molar-refractivity contribution >= 4 is 15.9 Å². The van der Waals surface area contributed by atoms with Crippen molar-refractivity contribution in [1.29, 1.82) is 0 Å². The number of benzene rings is 2. The van der Waals surface area contributed by atoms with Gasteiger partial charge in [0.05, 0.1) is 6.04 Å². The highest BCUT2D eigenvalue weighted by molar-refractivity contribution is 9.10. The number of aryl methyl sites for hydroxylation is 2. The minimum absolute atomic E-state index is 0.257. The third-order valence-electron chi connectivity index (χ3n) is 3.52. The monoisotopic (exact) mass is 331 g/mol. The average Bonchev–Trinajstić information content (AvgIpc) is 2.41. The fraction of sp³-hybridized carbons (Fsp3) is 0.333. The summed E-state index contributed by atoms with van der Waals surface area (Å²) in [4.78, 5) is 0. The molecular weight excluding hydrogens is 310 g/mol. The summed E-state index contributed by atoms with van der Waals surface area (Å²) in [5, 5.41) is 3.67. The van der Waals surface area contributed by atoms with E-state index < -0.39 is 0 Å². The smallest absolute Gasteiger partial charge is 0.0579 e. The lowest BCUT2D eigenvalue weighted by molar-refractivity contribution is 0.596. The Bertz CT molecular complexity index is 577. The first-order valence-corrected chi connectivity index (χ1v) is 7.97.